The molecule has 1 unspecified atom stereocenters. The highest BCUT2D eigenvalue weighted by atomic mass is 35.5. The number of hydrogen-bond acceptors (Lipinski definition) is 4. The molecule has 1 aliphatic heterocycles. The number of sulfonamides is 1. The summed E-state index contributed by atoms with van der Waals surface area (Å²) in [5, 5.41) is 8.88. The van der Waals surface area contributed by atoms with Crippen LogP contribution in [0.1, 0.15) is 12.0 Å². The first-order valence-corrected chi connectivity index (χ1v) is 8.29. The van der Waals surface area contributed by atoms with Crippen LogP contribution in [0.15, 0.2) is 17.0 Å². The summed E-state index contributed by atoms with van der Waals surface area (Å²) < 4.78 is 45.1. The van der Waals surface area contributed by atoms with Crippen LogP contribution in [-0.2, 0) is 21.4 Å². The molecule has 0 aromatic heterocycles. The minimum absolute atomic E-state index is 0.0582. The number of nitrogens with zero attached hydrogens (tertiary/aromatic N) is 1. The Morgan fingerprint density at radius 3 is 2.86 bits per heavy atom. The zero-order valence-electron chi connectivity index (χ0n) is 11.6. The van der Waals surface area contributed by atoms with E-state index in [0.29, 0.717) is 26.1 Å². The third-order valence-electron chi connectivity index (χ3n) is 3.54. The molecule has 0 aliphatic carbocycles. The Hall–Kier alpha value is -0.730. The lowest BCUT2D eigenvalue weighted by Gasteiger charge is -2.17. The number of methoxy groups -OCH3 is 1. The van der Waals surface area contributed by atoms with E-state index in [0.717, 1.165) is 6.07 Å². The molecular weight excluding hydrogens is 321 g/mol. The standard InChI is InChI=1S/C13H17ClFNO4S/c1-20-8-9-2-3-16(6-9)21(18,19)11-4-10(7-17)13(14)12(15)5-11/h4-5,9,17H,2-3,6-8H2,1H3. The van der Waals surface area contributed by atoms with Crippen LogP contribution in [0.5, 0.6) is 0 Å². The van der Waals surface area contributed by atoms with E-state index in [2.05, 4.69) is 0 Å². The molecule has 1 aromatic carbocycles. The second-order valence-electron chi connectivity index (χ2n) is 5.01. The van der Waals surface area contributed by atoms with Gasteiger partial charge in [-0.25, -0.2) is 12.8 Å². The molecule has 0 saturated carbocycles. The van der Waals surface area contributed by atoms with Gasteiger partial charge in [-0.3, -0.25) is 0 Å². The largest absolute Gasteiger partial charge is 0.392 e. The molecule has 5 nitrogen and oxygen atoms in total. The first kappa shape index (κ1) is 16.6. The first-order valence-electron chi connectivity index (χ1n) is 6.48. The number of halogens is 2. The summed E-state index contributed by atoms with van der Waals surface area (Å²) >= 11 is 5.68. The highest BCUT2D eigenvalue weighted by Crippen LogP contribution is 2.29. The molecule has 1 aliphatic rings. The molecule has 0 amide bonds. The molecule has 0 radical (unpaired) electrons. The van der Waals surface area contributed by atoms with Gasteiger partial charge in [-0.2, -0.15) is 4.31 Å². The zero-order valence-corrected chi connectivity index (χ0v) is 13.1. The molecule has 1 aromatic rings. The fourth-order valence-corrected chi connectivity index (χ4v) is 4.18. The van der Waals surface area contributed by atoms with Crippen molar-refractivity contribution in [2.24, 2.45) is 5.92 Å². The maximum absolute atomic E-state index is 13.7. The molecule has 8 heteroatoms. The van der Waals surface area contributed by atoms with E-state index in [4.69, 9.17) is 21.4 Å². The molecule has 1 saturated heterocycles. The average molecular weight is 338 g/mol. The molecular formula is C13H17ClFNO4S. The SMILES string of the molecule is COCC1CCN(S(=O)(=O)c2cc(F)c(Cl)c(CO)c2)C1. The summed E-state index contributed by atoms with van der Waals surface area (Å²) in [7, 11) is -2.23. The topological polar surface area (TPSA) is 66.8 Å². The van der Waals surface area contributed by atoms with Crippen LogP contribution in [0.25, 0.3) is 0 Å². The predicted molar refractivity (Wildman–Crippen MR) is 76.1 cm³/mol. The number of hydrogen-bond donors (Lipinski definition) is 1. The molecule has 0 spiro atoms. The second kappa shape index (κ2) is 6.58. The average Bonchev–Trinajstić information content (AvgIpc) is 2.91. The van der Waals surface area contributed by atoms with Crippen molar-refractivity contribution in [3.63, 3.8) is 0 Å². The number of aliphatic hydroxyl groups is 1. The summed E-state index contributed by atoms with van der Waals surface area (Å²) in [6, 6.07) is 2.10. The van der Waals surface area contributed by atoms with Gasteiger partial charge in [0.05, 0.1) is 23.1 Å². The number of ether oxygens (including phenoxy) is 1. The smallest absolute Gasteiger partial charge is 0.243 e. The zero-order chi connectivity index (χ0) is 15.6. The molecule has 1 fully saturated rings. The number of aliphatic hydroxyl groups excluding tert-OH is 1. The predicted octanol–water partition coefficient (Wildman–Crippen LogP) is 1.63. The van der Waals surface area contributed by atoms with Gasteiger partial charge in [0.15, 0.2) is 0 Å². The van der Waals surface area contributed by atoms with Crippen LogP contribution in [0.3, 0.4) is 0 Å². The van der Waals surface area contributed by atoms with Gasteiger partial charge < -0.3 is 9.84 Å². The Morgan fingerprint density at radius 2 is 2.24 bits per heavy atom. The summed E-state index contributed by atoms with van der Waals surface area (Å²) in [5.74, 6) is -0.714. The Bertz CT molecular complexity index is 623. The third-order valence-corrected chi connectivity index (χ3v) is 5.80. The fraction of sp³-hybridized carbons (Fsp3) is 0.538. The van der Waals surface area contributed by atoms with Crippen LogP contribution >= 0.6 is 11.6 Å². The summed E-state index contributed by atoms with van der Waals surface area (Å²) in [6.45, 7) is 0.679. The lowest BCUT2D eigenvalue weighted by molar-refractivity contribution is 0.157. The van der Waals surface area contributed by atoms with Crippen LogP contribution in [0.2, 0.25) is 5.02 Å². The molecule has 1 N–H and O–H groups in total. The lowest BCUT2D eigenvalue weighted by Crippen LogP contribution is -2.29. The Morgan fingerprint density at radius 1 is 1.52 bits per heavy atom. The van der Waals surface area contributed by atoms with Crippen molar-refractivity contribution in [1.29, 1.82) is 0 Å². The van der Waals surface area contributed by atoms with Crippen LogP contribution in [0.4, 0.5) is 4.39 Å². The monoisotopic (exact) mass is 337 g/mol. The lowest BCUT2D eigenvalue weighted by atomic mass is 10.1. The number of benzene rings is 1. The van der Waals surface area contributed by atoms with Gasteiger partial charge in [0.1, 0.15) is 5.82 Å². The maximum atomic E-state index is 13.7. The van der Waals surface area contributed by atoms with Crippen molar-refractivity contribution < 1.29 is 22.7 Å². The van der Waals surface area contributed by atoms with Crippen molar-refractivity contribution in [1.82, 2.24) is 4.31 Å². The quantitative estimate of drug-likeness (QED) is 0.886. The van der Waals surface area contributed by atoms with Crippen molar-refractivity contribution >= 4 is 21.6 Å². The van der Waals surface area contributed by atoms with Crippen molar-refractivity contribution in [2.75, 3.05) is 26.8 Å². The van der Waals surface area contributed by atoms with Crippen molar-refractivity contribution in [3.05, 3.63) is 28.5 Å². The van der Waals surface area contributed by atoms with Crippen molar-refractivity contribution in [2.45, 2.75) is 17.9 Å². The molecule has 0 bridgehead atoms. The van der Waals surface area contributed by atoms with E-state index in [1.165, 1.54) is 10.4 Å². The molecule has 2 rings (SSSR count). The van der Waals surface area contributed by atoms with Crippen LogP contribution in [0, 0.1) is 11.7 Å². The Labute approximate surface area is 128 Å². The van der Waals surface area contributed by atoms with Gasteiger partial charge in [-0.15, -0.1) is 0 Å². The summed E-state index contributed by atoms with van der Waals surface area (Å²) in [5.41, 5.74) is 0.0582. The molecule has 1 atom stereocenters. The van der Waals surface area contributed by atoms with E-state index < -0.39 is 22.4 Å². The van der Waals surface area contributed by atoms with Gasteiger partial charge in [0.25, 0.3) is 0 Å². The van der Waals surface area contributed by atoms with Crippen LogP contribution in [-0.4, -0.2) is 44.6 Å². The van der Waals surface area contributed by atoms with E-state index >= 15 is 0 Å². The number of rotatable bonds is 5. The Kier molecular flexibility index (Phi) is 5.21. The molecule has 21 heavy (non-hydrogen) atoms. The van der Waals surface area contributed by atoms with Gasteiger partial charge >= 0.3 is 0 Å². The van der Waals surface area contributed by atoms with E-state index in [9.17, 15) is 12.8 Å². The highest BCUT2D eigenvalue weighted by molar-refractivity contribution is 7.89. The van der Waals surface area contributed by atoms with Crippen LogP contribution < -0.4 is 0 Å². The van der Waals surface area contributed by atoms with Crippen molar-refractivity contribution in [3.8, 4) is 0 Å². The van der Waals surface area contributed by atoms with E-state index in [1.54, 1.807) is 7.11 Å². The second-order valence-corrected chi connectivity index (χ2v) is 7.33. The maximum Gasteiger partial charge on any atom is 0.243 e. The summed E-state index contributed by atoms with van der Waals surface area (Å²) in [6.07, 6.45) is 0.704. The first-order chi connectivity index (χ1) is 9.90. The minimum Gasteiger partial charge on any atom is -0.392 e. The summed E-state index contributed by atoms with van der Waals surface area (Å²) in [4.78, 5) is -0.188. The normalized spacial score (nSPS) is 20.1. The van der Waals surface area contributed by atoms with Gasteiger partial charge in [0.2, 0.25) is 10.0 Å². The molecule has 1 heterocycles. The van der Waals surface area contributed by atoms with E-state index in [-0.39, 0.29) is 21.4 Å². The van der Waals surface area contributed by atoms with Gasteiger partial charge in [-0.05, 0) is 24.5 Å². The van der Waals surface area contributed by atoms with Gasteiger partial charge in [-0.1, -0.05) is 11.6 Å². The highest BCUT2D eigenvalue weighted by Gasteiger charge is 2.33. The Balaban J connectivity index is 2.30. The van der Waals surface area contributed by atoms with Gasteiger partial charge in [0, 0.05) is 25.8 Å². The third kappa shape index (κ3) is 3.37. The fourth-order valence-electron chi connectivity index (χ4n) is 2.42. The van der Waals surface area contributed by atoms with E-state index in [1.807, 2.05) is 0 Å². The molecule has 118 valence electrons. The minimum atomic E-state index is -3.79.